The summed E-state index contributed by atoms with van der Waals surface area (Å²) in [4.78, 5) is 2.38. The van der Waals surface area contributed by atoms with E-state index >= 15 is 0 Å². The molecule has 2 aliphatic rings. The highest BCUT2D eigenvalue weighted by Crippen LogP contribution is 2.18. The molecule has 0 spiro atoms. The van der Waals surface area contributed by atoms with Crippen molar-refractivity contribution in [1.82, 2.24) is 10.2 Å². The molecule has 4 nitrogen and oxygen atoms in total. The number of ether oxygens (including phenoxy) is 2. The van der Waals surface area contributed by atoms with Crippen LogP contribution in [-0.2, 0) is 9.47 Å². The van der Waals surface area contributed by atoms with Crippen molar-refractivity contribution in [3.63, 3.8) is 0 Å². The zero-order valence-corrected chi connectivity index (χ0v) is 9.74. The highest BCUT2D eigenvalue weighted by molar-refractivity contribution is 4.82. The van der Waals surface area contributed by atoms with E-state index in [1.807, 2.05) is 0 Å². The zero-order valence-electron chi connectivity index (χ0n) is 9.74. The third kappa shape index (κ3) is 2.91. The third-order valence-electron chi connectivity index (χ3n) is 3.40. The van der Waals surface area contributed by atoms with Gasteiger partial charge in [0.1, 0.15) is 0 Å². The SMILES string of the molecule is CC1OCCC1N(C)CC1CNCCO1. The summed E-state index contributed by atoms with van der Waals surface area (Å²) < 4.78 is 11.3. The quantitative estimate of drug-likeness (QED) is 0.721. The standard InChI is InChI=1S/C11H22N2O2/c1-9-11(3-5-14-9)13(2)8-10-7-12-4-6-15-10/h9-12H,3-8H2,1-2H3. The maximum absolute atomic E-state index is 5.70. The molecule has 0 aromatic carbocycles. The molecule has 0 aromatic heterocycles. The molecule has 0 amide bonds. The lowest BCUT2D eigenvalue weighted by molar-refractivity contribution is -0.00456. The molecule has 4 heteroatoms. The van der Waals surface area contributed by atoms with Gasteiger partial charge in [0.2, 0.25) is 0 Å². The second-order valence-electron chi connectivity index (χ2n) is 4.57. The van der Waals surface area contributed by atoms with Crippen LogP contribution >= 0.6 is 0 Å². The second-order valence-corrected chi connectivity index (χ2v) is 4.57. The van der Waals surface area contributed by atoms with Crippen LogP contribution in [0.15, 0.2) is 0 Å². The molecule has 15 heavy (non-hydrogen) atoms. The normalized spacial score (nSPS) is 37.4. The number of hydrogen-bond acceptors (Lipinski definition) is 4. The Balaban J connectivity index is 1.77. The van der Waals surface area contributed by atoms with Gasteiger partial charge in [0.25, 0.3) is 0 Å². The summed E-state index contributed by atoms with van der Waals surface area (Å²) in [6.07, 6.45) is 1.86. The van der Waals surface area contributed by atoms with Crippen LogP contribution in [0, 0.1) is 0 Å². The van der Waals surface area contributed by atoms with Crippen molar-refractivity contribution in [1.29, 1.82) is 0 Å². The lowest BCUT2D eigenvalue weighted by Crippen LogP contribution is -2.48. The highest BCUT2D eigenvalue weighted by atomic mass is 16.5. The van der Waals surface area contributed by atoms with Crippen LogP contribution in [0.25, 0.3) is 0 Å². The van der Waals surface area contributed by atoms with Crippen molar-refractivity contribution < 1.29 is 9.47 Å². The van der Waals surface area contributed by atoms with Gasteiger partial charge in [-0.15, -0.1) is 0 Å². The van der Waals surface area contributed by atoms with Crippen molar-refractivity contribution >= 4 is 0 Å². The topological polar surface area (TPSA) is 33.7 Å². The van der Waals surface area contributed by atoms with E-state index in [4.69, 9.17) is 9.47 Å². The smallest absolute Gasteiger partial charge is 0.0826 e. The lowest BCUT2D eigenvalue weighted by atomic mass is 10.1. The fourth-order valence-corrected chi connectivity index (χ4v) is 2.49. The molecule has 2 aliphatic heterocycles. The first kappa shape index (κ1) is 11.3. The molecule has 2 rings (SSSR count). The van der Waals surface area contributed by atoms with Crippen molar-refractivity contribution in [2.75, 3.05) is 39.9 Å². The van der Waals surface area contributed by atoms with Crippen LogP contribution in [0.1, 0.15) is 13.3 Å². The van der Waals surface area contributed by atoms with Crippen LogP contribution in [0.2, 0.25) is 0 Å². The molecular formula is C11H22N2O2. The molecule has 0 saturated carbocycles. The van der Waals surface area contributed by atoms with E-state index in [0.717, 1.165) is 39.3 Å². The number of nitrogens with one attached hydrogen (secondary N) is 1. The summed E-state index contributed by atoms with van der Waals surface area (Å²) in [5.74, 6) is 0. The summed E-state index contributed by atoms with van der Waals surface area (Å²) in [7, 11) is 2.17. The van der Waals surface area contributed by atoms with Crippen molar-refractivity contribution in [3.05, 3.63) is 0 Å². The molecular weight excluding hydrogens is 192 g/mol. The molecule has 0 radical (unpaired) electrons. The summed E-state index contributed by atoms with van der Waals surface area (Å²) in [5, 5.41) is 3.36. The maximum Gasteiger partial charge on any atom is 0.0826 e. The zero-order chi connectivity index (χ0) is 10.7. The summed E-state index contributed by atoms with van der Waals surface area (Å²) in [6, 6.07) is 0.565. The fraction of sp³-hybridized carbons (Fsp3) is 1.00. The largest absolute Gasteiger partial charge is 0.377 e. The van der Waals surface area contributed by atoms with Crippen LogP contribution in [0.3, 0.4) is 0 Å². The van der Waals surface area contributed by atoms with Crippen LogP contribution in [0.4, 0.5) is 0 Å². The van der Waals surface area contributed by atoms with Gasteiger partial charge >= 0.3 is 0 Å². The van der Waals surface area contributed by atoms with Crippen LogP contribution in [0.5, 0.6) is 0 Å². The Morgan fingerprint density at radius 2 is 2.20 bits per heavy atom. The molecule has 0 aromatic rings. The van der Waals surface area contributed by atoms with Crippen LogP contribution in [-0.4, -0.2) is 63.0 Å². The number of nitrogens with zero attached hydrogens (tertiary/aromatic N) is 1. The van der Waals surface area contributed by atoms with E-state index in [1.54, 1.807) is 0 Å². The Bertz CT molecular complexity index is 195. The van der Waals surface area contributed by atoms with Gasteiger partial charge in [0.15, 0.2) is 0 Å². The summed E-state index contributed by atoms with van der Waals surface area (Å²) >= 11 is 0. The van der Waals surface area contributed by atoms with Crippen molar-refractivity contribution in [2.24, 2.45) is 0 Å². The number of hydrogen-bond donors (Lipinski definition) is 1. The average molecular weight is 214 g/mol. The maximum atomic E-state index is 5.70. The van der Waals surface area contributed by atoms with Gasteiger partial charge in [-0.3, -0.25) is 4.90 Å². The van der Waals surface area contributed by atoms with Crippen molar-refractivity contribution in [3.8, 4) is 0 Å². The van der Waals surface area contributed by atoms with E-state index in [1.165, 1.54) is 0 Å². The highest BCUT2D eigenvalue weighted by Gasteiger charge is 2.29. The van der Waals surface area contributed by atoms with Gasteiger partial charge in [-0.25, -0.2) is 0 Å². The van der Waals surface area contributed by atoms with Gasteiger partial charge < -0.3 is 14.8 Å². The first-order chi connectivity index (χ1) is 7.27. The van der Waals surface area contributed by atoms with Gasteiger partial charge in [-0.05, 0) is 20.4 Å². The third-order valence-corrected chi connectivity index (χ3v) is 3.40. The van der Waals surface area contributed by atoms with E-state index in [0.29, 0.717) is 18.2 Å². The van der Waals surface area contributed by atoms with E-state index in [2.05, 4.69) is 24.2 Å². The fourth-order valence-electron chi connectivity index (χ4n) is 2.49. The first-order valence-corrected chi connectivity index (χ1v) is 5.91. The molecule has 2 fully saturated rings. The number of morpholine rings is 1. The van der Waals surface area contributed by atoms with E-state index < -0.39 is 0 Å². The molecule has 0 aliphatic carbocycles. The summed E-state index contributed by atoms with van der Waals surface area (Å²) in [5.41, 5.74) is 0. The predicted molar refractivity (Wildman–Crippen MR) is 59.1 cm³/mol. The minimum Gasteiger partial charge on any atom is -0.377 e. The Labute approximate surface area is 91.9 Å². The molecule has 0 bridgehead atoms. The van der Waals surface area contributed by atoms with Crippen LogP contribution < -0.4 is 5.32 Å². The Kier molecular flexibility index (Phi) is 3.97. The molecule has 3 unspecified atom stereocenters. The van der Waals surface area contributed by atoms with Gasteiger partial charge in [-0.2, -0.15) is 0 Å². The number of rotatable bonds is 3. The second kappa shape index (κ2) is 5.25. The minimum absolute atomic E-state index is 0.344. The minimum atomic E-state index is 0.344. The van der Waals surface area contributed by atoms with Crippen molar-refractivity contribution in [2.45, 2.75) is 31.6 Å². The van der Waals surface area contributed by atoms with Gasteiger partial charge in [-0.1, -0.05) is 0 Å². The van der Waals surface area contributed by atoms with E-state index in [9.17, 15) is 0 Å². The monoisotopic (exact) mass is 214 g/mol. The Morgan fingerprint density at radius 3 is 2.80 bits per heavy atom. The predicted octanol–water partition coefficient (Wildman–Crippen LogP) is 0.0840. The average Bonchev–Trinajstić information content (AvgIpc) is 2.66. The molecule has 88 valence electrons. The lowest BCUT2D eigenvalue weighted by Gasteiger charge is -2.32. The Morgan fingerprint density at radius 1 is 1.33 bits per heavy atom. The first-order valence-electron chi connectivity index (χ1n) is 5.91. The summed E-state index contributed by atoms with van der Waals surface area (Å²) in [6.45, 7) is 6.88. The molecule has 2 saturated heterocycles. The van der Waals surface area contributed by atoms with Gasteiger partial charge in [0.05, 0.1) is 18.8 Å². The molecule has 1 N–H and O–H groups in total. The molecule has 2 heterocycles. The van der Waals surface area contributed by atoms with E-state index in [-0.39, 0.29) is 0 Å². The number of likely N-dealkylation sites (N-methyl/N-ethyl adjacent to an activating group) is 1. The molecule has 3 atom stereocenters. The Hall–Kier alpha value is -0.160. The van der Waals surface area contributed by atoms with Gasteiger partial charge in [0, 0.05) is 32.3 Å².